The van der Waals surface area contributed by atoms with Gasteiger partial charge in [-0.25, -0.2) is 4.98 Å². The van der Waals surface area contributed by atoms with Crippen LogP contribution >= 0.6 is 0 Å². The van der Waals surface area contributed by atoms with Crippen molar-refractivity contribution >= 4 is 11.6 Å². The third-order valence-electron chi connectivity index (χ3n) is 3.56. The highest BCUT2D eigenvalue weighted by Gasteiger charge is 2.22. The number of carbonyl (C=O) groups excluding carboxylic acids is 1. The zero-order chi connectivity index (χ0) is 16.7. The van der Waals surface area contributed by atoms with E-state index in [-0.39, 0.29) is 17.6 Å². The fraction of sp³-hybridized carbons (Fsp3) is 0.333. The molecule has 0 radical (unpaired) electrons. The Kier molecular flexibility index (Phi) is 5.84. The number of nitrogens with one attached hydrogen (secondary N) is 1. The minimum Gasteiger partial charge on any atom is -0.351 e. The van der Waals surface area contributed by atoms with Gasteiger partial charge in [0.2, 0.25) is 6.41 Å². The zero-order valence-electron chi connectivity index (χ0n) is 13.2. The van der Waals surface area contributed by atoms with Crippen LogP contribution in [0.1, 0.15) is 19.0 Å². The smallest absolute Gasteiger partial charge is 0.236 e. The summed E-state index contributed by atoms with van der Waals surface area (Å²) in [6, 6.07) is 5.23. The summed E-state index contributed by atoms with van der Waals surface area (Å²) in [5.41, 5.74) is 0.489. The number of hydrogen-bond acceptors (Lipinski definition) is 5. The quantitative estimate of drug-likeness (QED) is 0.570. The van der Waals surface area contributed by atoms with Crippen LogP contribution in [0.5, 0.6) is 0 Å². The highest BCUT2D eigenvalue weighted by Crippen LogP contribution is 2.27. The summed E-state index contributed by atoms with van der Waals surface area (Å²) in [4.78, 5) is 15.6. The Labute approximate surface area is 136 Å². The van der Waals surface area contributed by atoms with E-state index in [2.05, 4.69) is 36.0 Å². The second kappa shape index (κ2) is 7.85. The lowest BCUT2D eigenvalue weighted by Crippen LogP contribution is -2.30. The summed E-state index contributed by atoms with van der Waals surface area (Å²) < 4.78 is 5.47. The monoisotopic (exact) mass is 314 g/mol. The molecule has 0 bridgehead atoms. The lowest BCUT2D eigenvalue weighted by atomic mass is 9.85. The number of aliphatic hydroxyl groups excluding tert-OH is 1. The molecular weight excluding hydrogens is 292 g/mol. The summed E-state index contributed by atoms with van der Waals surface area (Å²) >= 11 is 0. The number of rotatable bonds is 8. The standard InChI is InChI=1S/C18H22N2O3/c1-3-15(21)12-14-8-7-9-16(19-14)20-17(22)23-13-18(2)10-5-4-6-11-18/h3-10,17,22H,1,11-13H2,2H3,(H,19,20). The number of hydrogen-bond donors (Lipinski definition) is 2. The highest BCUT2D eigenvalue weighted by atomic mass is 16.6. The van der Waals surface area contributed by atoms with E-state index in [1.165, 1.54) is 6.08 Å². The number of ether oxygens (including phenoxy) is 1. The first-order valence-corrected chi connectivity index (χ1v) is 7.52. The molecule has 2 unspecified atom stereocenters. The van der Waals surface area contributed by atoms with Crippen LogP contribution in [0, 0.1) is 5.41 Å². The van der Waals surface area contributed by atoms with E-state index < -0.39 is 6.41 Å². The van der Waals surface area contributed by atoms with E-state index >= 15 is 0 Å². The molecule has 122 valence electrons. The van der Waals surface area contributed by atoms with Crippen molar-refractivity contribution in [2.24, 2.45) is 5.41 Å². The van der Waals surface area contributed by atoms with Crippen LogP contribution < -0.4 is 5.32 Å². The number of anilines is 1. The van der Waals surface area contributed by atoms with Crippen LogP contribution in [0.3, 0.4) is 0 Å². The number of aromatic nitrogens is 1. The maximum atomic E-state index is 11.4. The molecule has 0 spiro atoms. The van der Waals surface area contributed by atoms with Crippen molar-refractivity contribution in [3.63, 3.8) is 0 Å². The molecule has 0 amide bonds. The normalized spacial score (nSPS) is 21.0. The molecule has 2 N–H and O–H groups in total. The molecule has 1 aliphatic rings. The molecule has 0 aromatic carbocycles. The Morgan fingerprint density at radius 3 is 3.09 bits per heavy atom. The molecule has 2 atom stereocenters. The summed E-state index contributed by atoms with van der Waals surface area (Å²) in [6.45, 7) is 5.89. The van der Waals surface area contributed by atoms with Crippen LogP contribution in [0.2, 0.25) is 0 Å². The summed E-state index contributed by atoms with van der Waals surface area (Å²) in [5, 5.41) is 12.7. The molecule has 0 aliphatic heterocycles. The van der Waals surface area contributed by atoms with Gasteiger partial charge in [-0.2, -0.15) is 0 Å². The van der Waals surface area contributed by atoms with E-state index in [1.807, 2.05) is 12.2 Å². The Bertz CT molecular complexity index is 624. The Balaban J connectivity index is 1.87. The fourth-order valence-electron chi connectivity index (χ4n) is 2.23. The predicted octanol–water partition coefficient (Wildman–Crippen LogP) is 2.61. The number of allylic oxidation sites excluding steroid dienone is 4. The van der Waals surface area contributed by atoms with Gasteiger partial charge in [-0.05, 0) is 24.6 Å². The van der Waals surface area contributed by atoms with Crippen LogP contribution in [-0.4, -0.2) is 28.9 Å². The van der Waals surface area contributed by atoms with Gasteiger partial charge >= 0.3 is 0 Å². The molecule has 23 heavy (non-hydrogen) atoms. The van der Waals surface area contributed by atoms with E-state index in [4.69, 9.17) is 4.74 Å². The number of pyridine rings is 1. The third kappa shape index (κ3) is 5.47. The van der Waals surface area contributed by atoms with Crippen LogP contribution in [0.25, 0.3) is 0 Å². The first-order chi connectivity index (χ1) is 11.0. The molecule has 0 saturated carbocycles. The van der Waals surface area contributed by atoms with Gasteiger partial charge in [-0.3, -0.25) is 4.79 Å². The second-order valence-corrected chi connectivity index (χ2v) is 5.81. The van der Waals surface area contributed by atoms with Gasteiger partial charge < -0.3 is 15.2 Å². The minimum absolute atomic E-state index is 0.100. The van der Waals surface area contributed by atoms with Gasteiger partial charge in [0.05, 0.1) is 18.7 Å². The van der Waals surface area contributed by atoms with Gasteiger partial charge in [0, 0.05) is 5.41 Å². The largest absolute Gasteiger partial charge is 0.351 e. The average Bonchev–Trinajstić information content (AvgIpc) is 2.54. The topological polar surface area (TPSA) is 71.5 Å². The summed E-state index contributed by atoms with van der Waals surface area (Å²) in [6.07, 6.45) is 9.28. The van der Waals surface area contributed by atoms with E-state index in [1.54, 1.807) is 18.2 Å². The van der Waals surface area contributed by atoms with Gasteiger partial charge in [-0.1, -0.05) is 43.9 Å². The highest BCUT2D eigenvalue weighted by molar-refractivity contribution is 5.90. The van der Waals surface area contributed by atoms with Crippen molar-refractivity contribution < 1.29 is 14.6 Å². The predicted molar refractivity (Wildman–Crippen MR) is 89.7 cm³/mol. The maximum absolute atomic E-state index is 11.4. The Morgan fingerprint density at radius 1 is 1.57 bits per heavy atom. The zero-order valence-corrected chi connectivity index (χ0v) is 13.2. The first-order valence-electron chi connectivity index (χ1n) is 7.52. The first kappa shape index (κ1) is 17.1. The lowest BCUT2D eigenvalue weighted by molar-refractivity contribution is -0.114. The molecule has 2 rings (SSSR count). The molecule has 1 heterocycles. The lowest BCUT2D eigenvalue weighted by Gasteiger charge is -2.27. The molecule has 5 nitrogen and oxygen atoms in total. The van der Waals surface area contributed by atoms with Crippen LogP contribution in [0.15, 0.2) is 55.2 Å². The van der Waals surface area contributed by atoms with Crippen molar-refractivity contribution in [1.29, 1.82) is 0 Å². The van der Waals surface area contributed by atoms with Crippen molar-refractivity contribution in [2.75, 3.05) is 11.9 Å². The molecular formula is C18H22N2O3. The van der Waals surface area contributed by atoms with Gasteiger partial charge in [0.15, 0.2) is 5.78 Å². The van der Waals surface area contributed by atoms with E-state index in [0.29, 0.717) is 18.1 Å². The Morgan fingerprint density at radius 2 is 2.39 bits per heavy atom. The van der Waals surface area contributed by atoms with Crippen molar-refractivity contribution in [3.05, 3.63) is 60.9 Å². The summed E-state index contributed by atoms with van der Waals surface area (Å²) in [5.74, 6) is 0.354. The molecule has 1 aliphatic carbocycles. The van der Waals surface area contributed by atoms with Crippen molar-refractivity contribution in [2.45, 2.75) is 26.2 Å². The Hall–Kier alpha value is -2.24. The number of aliphatic hydroxyl groups is 1. The number of nitrogens with zero attached hydrogens (tertiary/aromatic N) is 1. The van der Waals surface area contributed by atoms with E-state index in [9.17, 15) is 9.90 Å². The van der Waals surface area contributed by atoms with Gasteiger partial charge in [0.1, 0.15) is 5.82 Å². The average molecular weight is 314 g/mol. The molecule has 5 heteroatoms. The molecule has 1 aromatic rings. The summed E-state index contributed by atoms with van der Waals surface area (Å²) in [7, 11) is 0. The minimum atomic E-state index is -1.16. The molecule has 0 fully saturated rings. The fourth-order valence-corrected chi connectivity index (χ4v) is 2.23. The van der Waals surface area contributed by atoms with Gasteiger partial charge in [0.25, 0.3) is 0 Å². The second-order valence-electron chi connectivity index (χ2n) is 5.81. The van der Waals surface area contributed by atoms with Crippen LogP contribution in [-0.2, 0) is 16.0 Å². The van der Waals surface area contributed by atoms with Crippen molar-refractivity contribution in [1.82, 2.24) is 4.98 Å². The van der Waals surface area contributed by atoms with E-state index in [0.717, 1.165) is 6.42 Å². The van der Waals surface area contributed by atoms with Gasteiger partial charge in [-0.15, -0.1) is 0 Å². The number of ketones is 1. The SMILES string of the molecule is C=CC(=O)Cc1cccc(NC(O)OCC2(C)C=CC=CC2)n1. The molecule has 0 saturated heterocycles. The van der Waals surface area contributed by atoms with Crippen molar-refractivity contribution in [3.8, 4) is 0 Å². The number of carbonyl (C=O) groups is 1. The maximum Gasteiger partial charge on any atom is 0.236 e. The van der Waals surface area contributed by atoms with Crippen LogP contribution in [0.4, 0.5) is 5.82 Å². The molecule has 1 aromatic heterocycles. The third-order valence-corrected chi connectivity index (χ3v) is 3.56.